The number of hydrogen-bond acceptors (Lipinski definition) is 7. The van der Waals surface area contributed by atoms with Crippen LogP contribution in [0, 0.1) is 28.6 Å². The van der Waals surface area contributed by atoms with Crippen LogP contribution >= 0.6 is 0 Å². The van der Waals surface area contributed by atoms with Gasteiger partial charge in [-0.25, -0.2) is 4.99 Å². The zero-order chi connectivity index (χ0) is 25.7. The van der Waals surface area contributed by atoms with E-state index in [4.69, 9.17) is 5.73 Å². The molecular weight excluding hydrogens is 458 g/mol. The first-order chi connectivity index (χ1) is 17.3. The smallest absolute Gasteiger partial charge is 0.293 e. The number of likely N-dealkylation sites (N-methyl/N-ethyl adjacent to an activating group) is 1. The van der Waals surface area contributed by atoms with Gasteiger partial charge in [-0.15, -0.1) is 0 Å². The van der Waals surface area contributed by atoms with E-state index in [0.29, 0.717) is 37.2 Å². The van der Waals surface area contributed by atoms with Crippen molar-refractivity contribution in [2.75, 3.05) is 46.8 Å². The highest BCUT2D eigenvalue weighted by Gasteiger charge is 2.77. The number of nitrogens with zero attached hydrogens (tertiary/aromatic N) is 1. The number of aliphatic hydroxyl groups is 1. The number of piperidine rings is 1. The van der Waals surface area contributed by atoms with Gasteiger partial charge in [0.05, 0.1) is 25.6 Å². The fourth-order valence-corrected chi connectivity index (χ4v) is 9.52. The van der Waals surface area contributed by atoms with E-state index in [1.54, 1.807) is 0 Å². The summed E-state index contributed by atoms with van der Waals surface area (Å²) < 4.78 is 0. The molecule has 5 rings (SSSR count). The maximum atomic E-state index is 13.4. The summed E-state index contributed by atoms with van der Waals surface area (Å²) in [6.45, 7) is 3.85. The second-order valence-corrected chi connectivity index (χ2v) is 12.0. The van der Waals surface area contributed by atoms with Crippen LogP contribution in [0.1, 0.15) is 57.8 Å². The fraction of sp³-hybridized carbons (Fsp3) is 0.815. The minimum Gasteiger partial charge on any atom is -0.545 e. The van der Waals surface area contributed by atoms with E-state index in [0.717, 1.165) is 68.8 Å². The molecule has 36 heavy (non-hydrogen) atoms. The average molecular weight is 502 g/mol. The SMILES string of the molecule is CNCCN=C(N)[NH+]1CCC(CNC)C2(C1)C1CCC3CCCCC(=O)C4(O)CC32C(=C4C(=O)[O-])C1. The summed E-state index contributed by atoms with van der Waals surface area (Å²) in [6, 6.07) is 0. The highest BCUT2D eigenvalue weighted by Crippen LogP contribution is 2.77. The highest BCUT2D eigenvalue weighted by atomic mass is 16.4. The molecule has 9 nitrogen and oxygen atoms in total. The van der Waals surface area contributed by atoms with Gasteiger partial charge in [0.2, 0.25) is 0 Å². The third-order valence-electron chi connectivity index (χ3n) is 10.7. The molecular formula is C27H43N5O4. The average Bonchev–Trinajstić information content (AvgIpc) is 3.20. The van der Waals surface area contributed by atoms with Crippen LogP contribution in [0.3, 0.4) is 0 Å². The van der Waals surface area contributed by atoms with Gasteiger partial charge in [0.15, 0.2) is 11.4 Å². The van der Waals surface area contributed by atoms with Crippen LogP contribution < -0.4 is 26.4 Å². The zero-order valence-corrected chi connectivity index (χ0v) is 21.8. The number of likely N-dealkylation sites (tertiary alicyclic amines) is 1. The van der Waals surface area contributed by atoms with Gasteiger partial charge in [-0.1, -0.05) is 12.0 Å². The predicted octanol–water partition coefficient (Wildman–Crippen LogP) is -1.63. The Kier molecular flexibility index (Phi) is 6.81. The summed E-state index contributed by atoms with van der Waals surface area (Å²) in [4.78, 5) is 31.9. The van der Waals surface area contributed by atoms with Crippen LogP contribution in [-0.4, -0.2) is 75.2 Å². The number of carboxylic acid groups (broad SMARTS) is 1. The molecule has 0 aromatic carbocycles. The minimum atomic E-state index is -1.94. The number of allylic oxidation sites excluding steroid dienone is 1. The van der Waals surface area contributed by atoms with Crippen molar-refractivity contribution >= 4 is 17.7 Å². The molecule has 7 atom stereocenters. The monoisotopic (exact) mass is 501 g/mol. The molecule has 4 fully saturated rings. The van der Waals surface area contributed by atoms with Crippen molar-refractivity contribution in [1.29, 1.82) is 0 Å². The molecule has 4 aliphatic carbocycles. The number of Topliss-reactive ketones (excluding diaryl/α,β-unsaturated/α-hetero) is 1. The molecule has 3 bridgehead atoms. The maximum absolute atomic E-state index is 13.4. The van der Waals surface area contributed by atoms with Gasteiger partial charge in [-0.05, 0) is 76.9 Å². The largest absolute Gasteiger partial charge is 0.545 e. The van der Waals surface area contributed by atoms with E-state index in [9.17, 15) is 19.8 Å². The first kappa shape index (κ1) is 25.8. The number of ketones is 1. The van der Waals surface area contributed by atoms with Gasteiger partial charge in [0.25, 0.3) is 5.96 Å². The van der Waals surface area contributed by atoms with Crippen LogP contribution in [0.5, 0.6) is 0 Å². The molecule has 3 saturated carbocycles. The number of carbonyl (C=O) groups excluding carboxylic acids is 2. The maximum Gasteiger partial charge on any atom is 0.293 e. The standard InChI is InChI=1S/C27H43N5O4/c1-29-10-11-31-24(28)32-12-9-19(14-30-2)26(16-32)18-8-7-17-5-3-4-6-21(33)27(36)15-25(17,26)20(13-18)22(27)23(34)35/h17-19,29-30,36H,3-16H2,1-2H3,(H2,28,31)(H,34,35). The first-order valence-electron chi connectivity index (χ1n) is 13.9. The van der Waals surface area contributed by atoms with Crippen LogP contribution in [0.4, 0.5) is 0 Å². The topological polar surface area (TPSA) is 144 Å². The van der Waals surface area contributed by atoms with Crippen molar-refractivity contribution in [3.05, 3.63) is 11.1 Å². The summed E-state index contributed by atoms with van der Waals surface area (Å²) >= 11 is 0. The number of guanidine groups is 1. The van der Waals surface area contributed by atoms with Crippen molar-refractivity contribution in [2.24, 2.45) is 39.3 Å². The summed E-state index contributed by atoms with van der Waals surface area (Å²) in [5.74, 6) is -0.223. The summed E-state index contributed by atoms with van der Waals surface area (Å²) in [7, 11) is 3.88. The number of nitrogens with one attached hydrogen (secondary N) is 3. The number of quaternary nitrogens is 1. The van der Waals surface area contributed by atoms with Gasteiger partial charge in [-0.2, -0.15) is 0 Å². The third kappa shape index (κ3) is 3.46. The number of rotatable bonds is 6. The van der Waals surface area contributed by atoms with Crippen LogP contribution in [0.2, 0.25) is 0 Å². The van der Waals surface area contributed by atoms with Gasteiger partial charge >= 0.3 is 0 Å². The minimum absolute atomic E-state index is 0.0887. The Morgan fingerprint density at radius 1 is 1.19 bits per heavy atom. The normalized spacial score (nSPS) is 42.4. The molecule has 2 spiro atoms. The Bertz CT molecular complexity index is 981. The number of aliphatic imine (C=N–C) groups is 1. The second-order valence-electron chi connectivity index (χ2n) is 12.0. The number of carboxylic acids is 1. The molecule has 200 valence electrons. The van der Waals surface area contributed by atoms with E-state index in [1.165, 1.54) is 0 Å². The molecule has 9 heteroatoms. The Balaban J connectivity index is 1.69. The number of fused-ring (bicyclic) bond motifs is 1. The van der Waals surface area contributed by atoms with Gasteiger partial charge in [-0.3, -0.25) is 9.69 Å². The lowest BCUT2D eigenvalue weighted by molar-refractivity contribution is -0.828. The lowest BCUT2D eigenvalue weighted by Crippen LogP contribution is -3.19. The lowest BCUT2D eigenvalue weighted by Gasteiger charge is -2.61. The Morgan fingerprint density at radius 3 is 2.69 bits per heavy atom. The van der Waals surface area contributed by atoms with E-state index < -0.39 is 17.0 Å². The number of hydrogen-bond donors (Lipinski definition) is 5. The molecule has 7 unspecified atom stereocenters. The molecule has 6 N–H and O–H groups in total. The molecule has 0 aromatic heterocycles. The Morgan fingerprint density at radius 2 is 1.97 bits per heavy atom. The van der Waals surface area contributed by atoms with Crippen molar-refractivity contribution < 1.29 is 24.7 Å². The van der Waals surface area contributed by atoms with E-state index in [-0.39, 0.29) is 35.5 Å². The number of nitrogens with two attached hydrogens (primary N) is 1. The lowest BCUT2D eigenvalue weighted by atomic mass is 9.44. The molecule has 0 amide bonds. The highest BCUT2D eigenvalue weighted by molar-refractivity contribution is 6.03. The van der Waals surface area contributed by atoms with Gasteiger partial charge < -0.3 is 31.4 Å². The summed E-state index contributed by atoms with van der Waals surface area (Å²) in [5.41, 5.74) is 4.61. The molecule has 1 heterocycles. The molecule has 0 radical (unpaired) electrons. The molecule has 0 aromatic rings. The molecule has 1 aliphatic heterocycles. The predicted molar refractivity (Wildman–Crippen MR) is 134 cm³/mol. The van der Waals surface area contributed by atoms with Crippen LogP contribution in [-0.2, 0) is 9.59 Å². The summed E-state index contributed by atoms with van der Waals surface area (Å²) in [5, 5.41) is 31.1. The summed E-state index contributed by atoms with van der Waals surface area (Å²) in [6.07, 6.45) is 6.68. The number of carbonyl (C=O) groups is 2. The zero-order valence-electron chi connectivity index (χ0n) is 21.8. The van der Waals surface area contributed by atoms with Crippen molar-refractivity contribution in [3.8, 4) is 0 Å². The third-order valence-corrected chi connectivity index (χ3v) is 10.7. The van der Waals surface area contributed by atoms with E-state index in [2.05, 4.69) is 15.6 Å². The second kappa shape index (κ2) is 9.49. The quantitative estimate of drug-likeness (QED) is 0.167. The first-order valence-corrected chi connectivity index (χ1v) is 13.9. The van der Waals surface area contributed by atoms with Crippen molar-refractivity contribution in [3.63, 3.8) is 0 Å². The van der Waals surface area contributed by atoms with Gasteiger partial charge in [0, 0.05) is 35.8 Å². The molecule has 5 aliphatic rings. The van der Waals surface area contributed by atoms with Crippen LogP contribution in [0.25, 0.3) is 0 Å². The van der Waals surface area contributed by atoms with E-state index >= 15 is 0 Å². The van der Waals surface area contributed by atoms with Crippen molar-refractivity contribution in [1.82, 2.24) is 10.6 Å². The Hall–Kier alpha value is -1.81. The molecule has 1 saturated heterocycles. The van der Waals surface area contributed by atoms with Crippen LogP contribution in [0.15, 0.2) is 16.1 Å². The van der Waals surface area contributed by atoms with Gasteiger partial charge in [0.1, 0.15) is 0 Å². The number of aliphatic carboxylic acids is 1. The fourth-order valence-electron chi connectivity index (χ4n) is 9.52. The van der Waals surface area contributed by atoms with E-state index in [1.807, 2.05) is 14.1 Å². The van der Waals surface area contributed by atoms with Crippen molar-refractivity contribution in [2.45, 2.75) is 63.4 Å². The Labute approximate surface area is 214 Å².